The molecule has 3 aromatic rings. The standard InChI is InChI=1S/C19H20FN3O2S2.BrH/c1-13-9-14(11-17(10-13)27(24,25)22(2)3)18-12-26-19(23(18)4)21-16-7-5-15(20)6-8-16;/h5-12H,1-4H3;1H. The van der Waals surface area contributed by atoms with Crippen molar-refractivity contribution in [2.24, 2.45) is 12.0 Å². The molecule has 0 atom stereocenters. The molecule has 2 aromatic carbocycles. The fourth-order valence-corrected chi connectivity index (χ4v) is 4.57. The number of aromatic nitrogens is 1. The number of hydrogen-bond donors (Lipinski definition) is 0. The second-order valence-electron chi connectivity index (χ2n) is 6.37. The third-order valence-electron chi connectivity index (χ3n) is 4.10. The minimum absolute atomic E-state index is 0. The fourth-order valence-electron chi connectivity index (χ4n) is 2.61. The van der Waals surface area contributed by atoms with Crippen LogP contribution in [-0.4, -0.2) is 31.4 Å². The van der Waals surface area contributed by atoms with Gasteiger partial charge in [-0.1, -0.05) is 0 Å². The lowest BCUT2D eigenvalue weighted by Gasteiger charge is -2.13. The normalized spacial score (nSPS) is 12.3. The molecule has 0 saturated carbocycles. The average molecular weight is 486 g/mol. The van der Waals surface area contributed by atoms with Crippen LogP contribution in [0.5, 0.6) is 0 Å². The van der Waals surface area contributed by atoms with Gasteiger partial charge in [0.05, 0.1) is 16.3 Å². The molecule has 5 nitrogen and oxygen atoms in total. The zero-order chi connectivity index (χ0) is 19.8. The number of rotatable bonds is 4. The van der Waals surface area contributed by atoms with Gasteiger partial charge in [-0.3, -0.25) is 0 Å². The summed E-state index contributed by atoms with van der Waals surface area (Å²) in [6.45, 7) is 1.87. The van der Waals surface area contributed by atoms with E-state index in [1.807, 2.05) is 30.0 Å². The van der Waals surface area contributed by atoms with Gasteiger partial charge in [0, 0.05) is 32.1 Å². The molecular weight excluding hydrogens is 465 g/mol. The maximum Gasteiger partial charge on any atom is 0.242 e. The van der Waals surface area contributed by atoms with E-state index < -0.39 is 10.0 Å². The lowest BCUT2D eigenvalue weighted by Crippen LogP contribution is -2.22. The van der Waals surface area contributed by atoms with Crippen molar-refractivity contribution in [2.75, 3.05) is 14.1 Å². The zero-order valence-corrected chi connectivity index (χ0v) is 19.2. The van der Waals surface area contributed by atoms with Gasteiger partial charge in [-0.05, 0) is 55.0 Å². The Bertz CT molecular complexity index is 1150. The molecule has 3 rings (SSSR count). The number of thiazole rings is 1. The number of benzene rings is 2. The van der Waals surface area contributed by atoms with Crippen LogP contribution in [0.4, 0.5) is 10.1 Å². The molecule has 0 aliphatic heterocycles. The molecule has 0 fully saturated rings. The summed E-state index contributed by atoms with van der Waals surface area (Å²) in [6, 6.07) is 11.2. The number of sulfonamides is 1. The van der Waals surface area contributed by atoms with Gasteiger partial charge in [0.25, 0.3) is 0 Å². The highest BCUT2D eigenvalue weighted by Crippen LogP contribution is 2.26. The second kappa shape index (κ2) is 8.69. The highest BCUT2D eigenvalue weighted by molar-refractivity contribution is 8.93. The van der Waals surface area contributed by atoms with Gasteiger partial charge in [-0.15, -0.1) is 28.3 Å². The average Bonchev–Trinajstić information content (AvgIpc) is 2.97. The van der Waals surface area contributed by atoms with E-state index in [1.165, 1.54) is 41.9 Å². The van der Waals surface area contributed by atoms with Crippen LogP contribution in [0.2, 0.25) is 0 Å². The van der Waals surface area contributed by atoms with Gasteiger partial charge < -0.3 is 4.57 Å². The van der Waals surface area contributed by atoms with E-state index in [0.717, 1.165) is 21.6 Å². The minimum atomic E-state index is -3.52. The fraction of sp³-hybridized carbons (Fsp3) is 0.211. The molecule has 0 saturated heterocycles. The summed E-state index contributed by atoms with van der Waals surface area (Å²) in [6.07, 6.45) is 0. The van der Waals surface area contributed by atoms with Crippen LogP contribution in [0.25, 0.3) is 11.3 Å². The van der Waals surface area contributed by atoms with Gasteiger partial charge in [-0.25, -0.2) is 22.1 Å². The molecule has 1 heterocycles. The predicted molar refractivity (Wildman–Crippen MR) is 116 cm³/mol. The van der Waals surface area contributed by atoms with Gasteiger partial charge >= 0.3 is 0 Å². The summed E-state index contributed by atoms with van der Waals surface area (Å²) in [5.74, 6) is -0.306. The molecule has 28 heavy (non-hydrogen) atoms. The molecule has 0 aliphatic rings. The van der Waals surface area contributed by atoms with Crippen LogP contribution in [0.3, 0.4) is 0 Å². The molecular formula is C19H21BrFN3O2S2. The first-order valence-corrected chi connectivity index (χ1v) is 10.5. The van der Waals surface area contributed by atoms with Crippen LogP contribution in [0.15, 0.2) is 57.7 Å². The van der Waals surface area contributed by atoms with E-state index in [1.54, 1.807) is 24.3 Å². The van der Waals surface area contributed by atoms with Gasteiger partial charge in [0.15, 0.2) is 4.80 Å². The largest absolute Gasteiger partial charge is 0.320 e. The summed E-state index contributed by atoms with van der Waals surface area (Å²) < 4.78 is 41.2. The molecule has 0 unspecified atom stereocenters. The Balaban J connectivity index is 0.00000280. The van der Waals surface area contributed by atoms with Crippen molar-refractivity contribution in [1.82, 2.24) is 8.87 Å². The summed E-state index contributed by atoms with van der Waals surface area (Å²) in [5, 5.41) is 1.93. The summed E-state index contributed by atoms with van der Waals surface area (Å²) in [4.78, 5) is 5.53. The highest BCUT2D eigenvalue weighted by atomic mass is 79.9. The molecule has 0 amide bonds. The van der Waals surface area contributed by atoms with Crippen molar-refractivity contribution >= 4 is 44.0 Å². The Morgan fingerprint density at radius 3 is 2.36 bits per heavy atom. The molecule has 9 heteroatoms. The Morgan fingerprint density at radius 2 is 1.75 bits per heavy atom. The Morgan fingerprint density at radius 1 is 1.11 bits per heavy atom. The second-order valence-corrected chi connectivity index (χ2v) is 9.36. The number of nitrogens with zero attached hydrogens (tertiary/aromatic N) is 3. The summed E-state index contributed by atoms with van der Waals surface area (Å²) >= 11 is 1.44. The molecule has 0 aliphatic carbocycles. The van der Waals surface area contributed by atoms with Gasteiger partial charge in [0.2, 0.25) is 10.0 Å². The predicted octanol–water partition coefficient (Wildman–Crippen LogP) is 4.26. The van der Waals surface area contributed by atoms with Crippen LogP contribution >= 0.6 is 28.3 Å². The van der Waals surface area contributed by atoms with Crippen molar-refractivity contribution < 1.29 is 12.8 Å². The Kier molecular flexibility index (Phi) is 6.97. The van der Waals surface area contributed by atoms with Crippen molar-refractivity contribution in [1.29, 1.82) is 0 Å². The lowest BCUT2D eigenvalue weighted by molar-refractivity contribution is 0.520. The van der Waals surface area contributed by atoms with Crippen molar-refractivity contribution in [3.8, 4) is 11.3 Å². The van der Waals surface area contributed by atoms with E-state index >= 15 is 0 Å². The topological polar surface area (TPSA) is 54.7 Å². The van der Waals surface area contributed by atoms with E-state index in [-0.39, 0.29) is 27.7 Å². The smallest absolute Gasteiger partial charge is 0.242 e. The monoisotopic (exact) mass is 485 g/mol. The molecule has 0 bridgehead atoms. The van der Waals surface area contributed by atoms with Crippen LogP contribution in [-0.2, 0) is 17.1 Å². The molecule has 0 radical (unpaired) electrons. The molecule has 1 aromatic heterocycles. The van der Waals surface area contributed by atoms with Crippen LogP contribution < -0.4 is 4.80 Å². The van der Waals surface area contributed by atoms with Crippen molar-refractivity contribution in [2.45, 2.75) is 11.8 Å². The summed E-state index contributed by atoms with van der Waals surface area (Å²) in [7, 11) is 1.38. The van der Waals surface area contributed by atoms with E-state index in [2.05, 4.69) is 4.99 Å². The number of halogens is 2. The van der Waals surface area contributed by atoms with Crippen LogP contribution in [0, 0.1) is 12.7 Å². The third kappa shape index (κ3) is 4.60. The third-order valence-corrected chi connectivity index (χ3v) is 6.81. The summed E-state index contributed by atoms with van der Waals surface area (Å²) in [5.41, 5.74) is 3.17. The minimum Gasteiger partial charge on any atom is -0.320 e. The van der Waals surface area contributed by atoms with Crippen molar-refractivity contribution in [3.05, 3.63) is 64.0 Å². The molecule has 0 N–H and O–H groups in total. The van der Waals surface area contributed by atoms with Gasteiger partial charge in [0.1, 0.15) is 5.82 Å². The number of aryl methyl sites for hydroxylation is 1. The maximum atomic E-state index is 13.1. The maximum absolute atomic E-state index is 13.1. The first-order chi connectivity index (χ1) is 12.7. The first-order valence-electron chi connectivity index (χ1n) is 8.18. The molecule has 0 spiro atoms. The zero-order valence-electron chi connectivity index (χ0n) is 15.9. The number of hydrogen-bond acceptors (Lipinski definition) is 4. The lowest BCUT2D eigenvalue weighted by atomic mass is 10.1. The van der Waals surface area contributed by atoms with E-state index in [4.69, 9.17) is 0 Å². The highest BCUT2D eigenvalue weighted by Gasteiger charge is 2.19. The van der Waals surface area contributed by atoms with Crippen LogP contribution in [0.1, 0.15) is 5.56 Å². The first kappa shape index (κ1) is 22.5. The van der Waals surface area contributed by atoms with E-state index in [0.29, 0.717) is 5.69 Å². The van der Waals surface area contributed by atoms with Gasteiger partial charge in [-0.2, -0.15) is 0 Å². The quantitative estimate of drug-likeness (QED) is 0.554. The molecule has 150 valence electrons. The Labute approximate surface area is 178 Å². The SMILES string of the molecule is Br.Cc1cc(-c2csc(=Nc3ccc(F)cc3)n2C)cc(S(=O)(=O)N(C)C)c1. The van der Waals surface area contributed by atoms with Crippen molar-refractivity contribution in [3.63, 3.8) is 0 Å². The Hall–Kier alpha value is -1.81. The van der Waals surface area contributed by atoms with E-state index in [9.17, 15) is 12.8 Å².